The lowest BCUT2D eigenvalue weighted by Gasteiger charge is -2.14. The summed E-state index contributed by atoms with van der Waals surface area (Å²) in [5.74, 6) is 0.860. The van der Waals surface area contributed by atoms with Crippen molar-refractivity contribution in [1.29, 1.82) is 0 Å². The Balaban J connectivity index is 1.54. The fourth-order valence-electron chi connectivity index (χ4n) is 4.07. The van der Waals surface area contributed by atoms with Crippen molar-refractivity contribution in [3.63, 3.8) is 0 Å². The Hall–Kier alpha value is -3.96. The number of methoxy groups -OCH3 is 1. The lowest BCUT2D eigenvalue weighted by Crippen LogP contribution is -2.20. The maximum absolute atomic E-state index is 13.4. The van der Waals surface area contributed by atoms with Crippen molar-refractivity contribution in [2.75, 3.05) is 7.11 Å². The minimum absolute atomic E-state index is 0.0310. The van der Waals surface area contributed by atoms with Crippen molar-refractivity contribution >= 4 is 49.0 Å². The maximum Gasteiger partial charge on any atom is 0.416 e. The number of ether oxygens (including phenoxy) is 2. The van der Waals surface area contributed by atoms with Gasteiger partial charge in [0.2, 0.25) is 0 Å². The quantitative estimate of drug-likeness (QED) is 0.163. The first kappa shape index (κ1) is 28.6. The molecule has 41 heavy (non-hydrogen) atoms. The average Bonchev–Trinajstić information content (AvgIpc) is 2.96. The molecule has 0 unspecified atom stereocenters. The number of hydrogen-bond acceptors (Lipinski definition) is 5. The minimum Gasteiger partial charge on any atom is -0.493 e. The van der Waals surface area contributed by atoms with Crippen LogP contribution in [0.15, 0.2) is 104 Å². The van der Waals surface area contributed by atoms with Gasteiger partial charge in [-0.1, -0.05) is 52.3 Å². The number of benzene rings is 4. The molecular formula is C30H20Br2F3N3O3. The Morgan fingerprint density at radius 3 is 2.46 bits per heavy atom. The molecule has 1 aromatic heterocycles. The van der Waals surface area contributed by atoms with E-state index in [1.807, 2.05) is 24.3 Å². The number of fused-ring (bicyclic) bond motifs is 1. The van der Waals surface area contributed by atoms with E-state index in [9.17, 15) is 18.0 Å². The molecule has 0 amide bonds. The van der Waals surface area contributed by atoms with E-state index in [-0.39, 0.29) is 16.8 Å². The van der Waals surface area contributed by atoms with Gasteiger partial charge in [-0.05, 0) is 75.6 Å². The molecule has 6 nitrogen and oxygen atoms in total. The largest absolute Gasteiger partial charge is 0.493 e. The summed E-state index contributed by atoms with van der Waals surface area (Å²) in [6.45, 7) is 0.300. The number of halogens is 5. The number of rotatable bonds is 7. The molecule has 0 saturated heterocycles. The van der Waals surface area contributed by atoms with Crippen molar-refractivity contribution < 1.29 is 22.6 Å². The molecule has 0 spiro atoms. The molecule has 0 atom stereocenters. The summed E-state index contributed by atoms with van der Waals surface area (Å²) in [4.78, 5) is 17.9. The van der Waals surface area contributed by atoms with E-state index in [0.29, 0.717) is 33.7 Å². The summed E-state index contributed by atoms with van der Waals surface area (Å²) in [5.41, 5.74) is 0.543. The molecule has 0 bridgehead atoms. The maximum atomic E-state index is 13.4. The zero-order valence-electron chi connectivity index (χ0n) is 21.3. The zero-order chi connectivity index (χ0) is 29.1. The first-order valence-corrected chi connectivity index (χ1v) is 13.7. The number of aromatic nitrogens is 2. The second kappa shape index (κ2) is 11.9. The predicted octanol–water partition coefficient (Wildman–Crippen LogP) is 8.08. The number of alkyl halides is 3. The van der Waals surface area contributed by atoms with Gasteiger partial charge in [0.15, 0.2) is 17.3 Å². The van der Waals surface area contributed by atoms with Crippen LogP contribution < -0.4 is 15.0 Å². The number of para-hydroxylation sites is 1. The Morgan fingerprint density at radius 1 is 0.976 bits per heavy atom. The average molecular weight is 687 g/mol. The minimum atomic E-state index is -4.56. The lowest BCUT2D eigenvalue weighted by molar-refractivity contribution is -0.137. The molecule has 5 aromatic rings. The standard InChI is InChI=1S/C30H20Br2F3N3O3/c1-40-26-14-19(13-24(32)27(26)41-17-18-9-11-22(31)12-10-18)16-36-38-28(20-5-4-6-21(15-20)30(33,34)35)37-25-8-3-2-7-23(25)29(38)39/h2-16H,17H2,1H3. The molecule has 0 aliphatic carbocycles. The fourth-order valence-corrected chi connectivity index (χ4v) is 4.91. The molecule has 5 rings (SSSR count). The fraction of sp³-hybridized carbons (Fsp3) is 0.100. The summed E-state index contributed by atoms with van der Waals surface area (Å²) in [5, 5.41) is 4.63. The van der Waals surface area contributed by atoms with E-state index in [4.69, 9.17) is 9.47 Å². The van der Waals surface area contributed by atoms with Gasteiger partial charge >= 0.3 is 6.18 Å². The van der Waals surface area contributed by atoms with Crippen LogP contribution in [0.3, 0.4) is 0 Å². The van der Waals surface area contributed by atoms with Crippen LogP contribution in [-0.4, -0.2) is 23.0 Å². The highest BCUT2D eigenvalue weighted by molar-refractivity contribution is 9.10. The normalized spacial score (nSPS) is 11.8. The summed E-state index contributed by atoms with van der Waals surface area (Å²) < 4.78 is 54.4. The van der Waals surface area contributed by atoms with E-state index >= 15 is 0 Å². The SMILES string of the molecule is COc1cc(C=Nn2c(-c3cccc(C(F)(F)F)c3)nc3ccccc3c2=O)cc(Br)c1OCc1ccc(Br)cc1. The highest BCUT2D eigenvalue weighted by Crippen LogP contribution is 2.37. The number of hydrogen-bond donors (Lipinski definition) is 0. The van der Waals surface area contributed by atoms with Gasteiger partial charge in [0.1, 0.15) is 6.61 Å². The summed E-state index contributed by atoms with van der Waals surface area (Å²) >= 11 is 6.92. The lowest BCUT2D eigenvalue weighted by atomic mass is 10.1. The van der Waals surface area contributed by atoms with Crippen LogP contribution in [0.1, 0.15) is 16.7 Å². The third-order valence-electron chi connectivity index (χ3n) is 6.07. The molecule has 0 saturated carbocycles. The van der Waals surface area contributed by atoms with Crippen molar-refractivity contribution in [2.45, 2.75) is 12.8 Å². The Labute approximate surface area is 249 Å². The van der Waals surface area contributed by atoms with Crippen LogP contribution >= 0.6 is 31.9 Å². The molecule has 1 heterocycles. The van der Waals surface area contributed by atoms with Gasteiger partial charge in [0.25, 0.3) is 5.56 Å². The molecule has 4 aromatic carbocycles. The van der Waals surface area contributed by atoms with Crippen LogP contribution in [-0.2, 0) is 12.8 Å². The van der Waals surface area contributed by atoms with Crippen molar-refractivity contribution in [3.05, 3.63) is 121 Å². The molecule has 0 N–H and O–H groups in total. The van der Waals surface area contributed by atoms with Gasteiger partial charge in [-0.25, -0.2) is 4.98 Å². The van der Waals surface area contributed by atoms with Crippen LogP contribution in [0, 0.1) is 0 Å². The van der Waals surface area contributed by atoms with Crippen molar-refractivity contribution in [3.8, 4) is 22.9 Å². The van der Waals surface area contributed by atoms with Gasteiger partial charge in [-0.15, -0.1) is 0 Å². The van der Waals surface area contributed by atoms with E-state index < -0.39 is 17.3 Å². The van der Waals surface area contributed by atoms with Crippen molar-refractivity contribution in [1.82, 2.24) is 9.66 Å². The van der Waals surface area contributed by atoms with E-state index in [1.54, 1.807) is 36.4 Å². The third-order valence-corrected chi connectivity index (χ3v) is 7.19. The second-order valence-electron chi connectivity index (χ2n) is 8.84. The topological polar surface area (TPSA) is 65.7 Å². The molecule has 0 aliphatic rings. The van der Waals surface area contributed by atoms with Gasteiger partial charge in [-0.2, -0.15) is 22.9 Å². The third kappa shape index (κ3) is 6.36. The summed E-state index contributed by atoms with van der Waals surface area (Å²) in [6.07, 6.45) is -3.16. The van der Waals surface area contributed by atoms with E-state index in [1.165, 1.54) is 25.5 Å². The van der Waals surface area contributed by atoms with Gasteiger partial charge in [-0.3, -0.25) is 4.79 Å². The smallest absolute Gasteiger partial charge is 0.416 e. The predicted molar refractivity (Wildman–Crippen MR) is 159 cm³/mol. The zero-order valence-corrected chi connectivity index (χ0v) is 24.5. The number of nitrogens with zero attached hydrogens (tertiary/aromatic N) is 3. The van der Waals surface area contributed by atoms with Gasteiger partial charge < -0.3 is 9.47 Å². The molecule has 0 fully saturated rings. The first-order valence-electron chi connectivity index (χ1n) is 12.1. The van der Waals surface area contributed by atoms with E-state index in [2.05, 4.69) is 41.9 Å². The first-order chi connectivity index (χ1) is 19.6. The highest BCUT2D eigenvalue weighted by atomic mass is 79.9. The van der Waals surface area contributed by atoms with E-state index in [0.717, 1.165) is 26.8 Å². The molecule has 0 radical (unpaired) electrons. The molecular weight excluding hydrogens is 667 g/mol. The van der Waals surface area contributed by atoms with Gasteiger partial charge in [0.05, 0.1) is 34.3 Å². The Morgan fingerprint density at radius 2 is 1.73 bits per heavy atom. The highest BCUT2D eigenvalue weighted by Gasteiger charge is 2.31. The Kier molecular flexibility index (Phi) is 8.27. The van der Waals surface area contributed by atoms with Gasteiger partial charge in [0, 0.05) is 10.0 Å². The van der Waals surface area contributed by atoms with Crippen LogP contribution in [0.25, 0.3) is 22.3 Å². The molecule has 208 valence electrons. The van der Waals surface area contributed by atoms with Crippen LogP contribution in [0.4, 0.5) is 13.2 Å². The van der Waals surface area contributed by atoms with Crippen LogP contribution in [0.5, 0.6) is 11.5 Å². The molecule has 0 aliphatic heterocycles. The summed E-state index contributed by atoms with van der Waals surface area (Å²) in [6, 6.07) is 22.3. The van der Waals surface area contributed by atoms with Crippen molar-refractivity contribution in [2.24, 2.45) is 5.10 Å². The summed E-state index contributed by atoms with van der Waals surface area (Å²) in [7, 11) is 1.50. The van der Waals surface area contributed by atoms with Crippen LogP contribution in [0.2, 0.25) is 0 Å². The molecule has 11 heteroatoms. The monoisotopic (exact) mass is 685 g/mol. The Bertz CT molecular complexity index is 1820. The second-order valence-corrected chi connectivity index (χ2v) is 10.6.